The van der Waals surface area contributed by atoms with E-state index >= 15 is 0 Å². The highest BCUT2D eigenvalue weighted by Crippen LogP contribution is 2.31. The number of anilines is 1. The minimum atomic E-state index is -0.503. The minimum absolute atomic E-state index is 0.503. The van der Waals surface area contributed by atoms with Crippen LogP contribution in [0.2, 0.25) is 0 Å². The molecule has 2 N–H and O–H groups in total. The van der Waals surface area contributed by atoms with Gasteiger partial charge >= 0.3 is 0 Å². The van der Waals surface area contributed by atoms with Crippen molar-refractivity contribution in [1.29, 1.82) is 0 Å². The molecule has 0 amide bonds. The first-order valence-corrected chi connectivity index (χ1v) is 7.02. The molecule has 1 aliphatic heterocycles. The van der Waals surface area contributed by atoms with Crippen molar-refractivity contribution in [3.8, 4) is 5.75 Å². The van der Waals surface area contributed by atoms with Crippen molar-refractivity contribution in [2.75, 3.05) is 38.7 Å². The predicted molar refractivity (Wildman–Crippen MR) is 77.9 cm³/mol. The molecule has 0 bridgehead atoms. The van der Waals surface area contributed by atoms with Crippen LogP contribution in [0, 0.1) is 0 Å². The van der Waals surface area contributed by atoms with Crippen LogP contribution >= 0.6 is 0 Å². The molecule has 1 aromatic rings. The summed E-state index contributed by atoms with van der Waals surface area (Å²) < 4.78 is 5.28. The number of hydrogen-bond acceptors (Lipinski definition) is 4. The second-order valence-electron chi connectivity index (χ2n) is 5.05. The molecule has 4 heteroatoms. The van der Waals surface area contributed by atoms with Gasteiger partial charge < -0.3 is 20.1 Å². The van der Waals surface area contributed by atoms with Crippen LogP contribution in [0.4, 0.5) is 5.69 Å². The van der Waals surface area contributed by atoms with Gasteiger partial charge in [-0.05, 0) is 44.5 Å². The van der Waals surface area contributed by atoms with Crippen molar-refractivity contribution in [2.45, 2.75) is 25.4 Å². The molecule has 1 aromatic carbocycles. The highest BCUT2D eigenvalue weighted by molar-refractivity contribution is 5.57. The average molecular weight is 264 g/mol. The molecule has 2 rings (SSSR count). The van der Waals surface area contributed by atoms with Gasteiger partial charge in [0.15, 0.2) is 0 Å². The monoisotopic (exact) mass is 264 g/mol. The molecule has 0 saturated carbocycles. The van der Waals surface area contributed by atoms with Crippen LogP contribution in [-0.2, 0) is 0 Å². The molecule has 1 atom stereocenters. The fraction of sp³-hybridized carbons (Fsp3) is 0.600. The van der Waals surface area contributed by atoms with E-state index in [1.54, 1.807) is 7.11 Å². The maximum Gasteiger partial charge on any atom is 0.119 e. The lowest BCUT2D eigenvalue weighted by Gasteiger charge is -2.32. The molecule has 1 heterocycles. The van der Waals surface area contributed by atoms with E-state index in [4.69, 9.17) is 4.74 Å². The summed E-state index contributed by atoms with van der Waals surface area (Å²) in [4.78, 5) is 2.37. The number of hydrogen-bond donors (Lipinski definition) is 2. The number of aliphatic hydroxyl groups excluding tert-OH is 1. The number of ether oxygens (including phenoxy) is 1. The fourth-order valence-corrected chi connectivity index (χ4v) is 2.65. The first kappa shape index (κ1) is 14.2. The van der Waals surface area contributed by atoms with Gasteiger partial charge in [0.2, 0.25) is 0 Å². The predicted octanol–water partition coefficient (Wildman–Crippen LogP) is 1.94. The van der Waals surface area contributed by atoms with E-state index in [1.807, 2.05) is 19.2 Å². The summed E-state index contributed by atoms with van der Waals surface area (Å²) >= 11 is 0. The van der Waals surface area contributed by atoms with Crippen LogP contribution in [0.15, 0.2) is 18.2 Å². The van der Waals surface area contributed by atoms with Gasteiger partial charge in [0.25, 0.3) is 0 Å². The summed E-state index contributed by atoms with van der Waals surface area (Å²) in [5.74, 6) is 0.797. The Labute approximate surface area is 115 Å². The number of nitrogens with one attached hydrogen (secondary N) is 1. The quantitative estimate of drug-likeness (QED) is 0.853. The van der Waals surface area contributed by atoms with Gasteiger partial charge in [0.05, 0.1) is 13.2 Å². The van der Waals surface area contributed by atoms with Gasteiger partial charge in [-0.25, -0.2) is 0 Å². The number of methoxy groups -OCH3 is 1. The number of nitrogens with zero attached hydrogens (tertiary/aromatic N) is 1. The molecule has 0 aliphatic carbocycles. The average Bonchev–Trinajstić information content (AvgIpc) is 2.47. The molecular formula is C15H24N2O2. The van der Waals surface area contributed by atoms with E-state index in [0.29, 0.717) is 6.54 Å². The molecule has 19 heavy (non-hydrogen) atoms. The second-order valence-corrected chi connectivity index (χ2v) is 5.05. The third-order valence-corrected chi connectivity index (χ3v) is 3.69. The van der Waals surface area contributed by atoms with Crippen molar-refractivity contribution < 1.29 is 9.84 Å². The first-order chi connectivity index (χ1) is 9.26. The Morgan fingerprint density at radius 2 is 2.05 bits per heavy atom. The SMILES string of the molecule is CNCC(O)c1cc(OC)ccc1N1CCCCC1. The number of likely N-dealkylation sites (N-methyl/N-ethyl adjacent to an activating group) is 1. The van der Waals surface area contributed by atoms with Gasteiger partial charge in [0, 0.05) is 30.9 Å². The first-order valence-electron chi connectivity index (χ1n) is 7.02. The lowest BCUT2D eigenvalue weighted by atomic mass is 10.0. The second kappa shape index (κ2) is 6.78. The molecule has 0 spiro atoms. The van der Waals surface area contributed by atoms with Crippen LogP contribution in [-0.4, -0.2) is 38.9 Å². The lowest BCUT2D eigenvalue weighted by Crippen LogP contribution is -2.31. The summed E-state index contributed by atoms with van der Waals surface area (Å²) in [6, 6.07) is 5.99. The minimum Gasteiger partial charge on any atom is -0.497 e. The van der Waals surface area contributed by atoms with E-state index in [1.165, 1.54) is 19.3 Å². The molecule has 1 fully saturated rings. The van der Waals surface area contributed by atoms with E-state index in [-0.39, 0.29) is 0 Å². The van der Waals surface area contributed by atoms with Gasteiger partial charge in [-0.3, -0.25) is 0 Å². The third kappa shape index (κ3) is 3.39. The fourth-order valence-electron chi connectivity index (χ4n) is 2.65. The topological polar surface area (TPSA) is 44.7 Å². The zero-order valence-corrected chi connectivity index (χ0v) is 11.9. The van der Waals surface area contributed by atoms with E-state index < -0.39 is 6.10 Å². The standard InChI is InChI=1S/C15H24N2O2/c1-16-11-15(18)13-10-12(19-2)6-7-14(13)17-8-4-3-5-9-17/h6-7,10,15-16,18H,3-5,8-9,11H2,1-2H3. The van der Waals surface area contributed by atoms with E-state index in [2.05, 4.69) is 16.3 Å². The van der Waals surface area contributed by atoms with E-state index in [0.717, 1.165) is 30.1 Å². The highest BCUT2D eigenvalue weighted by Gasteiger charge is 2.19. The third-order valence-electron chi connectivity index (χ3n) is 3.69. The summed E-state index contributed by atoms with van der Waals surface area (Å²) in [5, 5.41) is 13.3. The zero-order chi connectivity index (χ0) is 13.7. The summed E-state index contributed by atoms with van der Waals surface area (Å²) in [7, 11) is 3.51. The van der Waals surface area contributed by atoms with E-state index in [9.17, 15) is 5.11 Å². The molecule has 0 aromatic heterocycles. The van der Waals surface area contributed by atoms with Crippen molar-refractivity contribution in [3.05, 3.63) is 23.8 Å². The van der Waals surface area contributed by atoms with Crippen molar-refractivity contribution in [3.63, 3.8) is 0 Å². The number of benzene rings is 1. The Kier molecular flexibility index (Phi) is 5.05. The van der Waals surface area contributed by atoms with Crippen molar-refractivity contribution >= 4 is 5.69 Å². The van der Waals surface area contributed by atoms with Crippen molar-refractivity contribution in [1.82, 2.24) is 5.32 Å². The molecule has 1 saturated heterocycles. The number of rotatable bonds is 5. The summed E-state index contributed by atoms with van der Waals surface area (Å²) in [5.41, 5.74) is 2.10. The maximum absolute atomic E-state index is 10.3. The van der Waals surface area contributed by atoms with Crippen LogP contribution in [0.3, 0.4) is 0 Å². The largest absolute Gasteiger partial charge is 0.497 e. The number of piperidine rings is 1. The highest BCUT2D eigenvalue weighted by atomic mass is 16.5. The Morgan fingerprint density at radius 1 is 1.32 bits per heavy atom. The molecule has 4 nitrogen and oxygen atoms in total. The Bertz CT molecular complexity index is 403. The van der Waals surface area contributed by atoms with Crippen LogP contribution < -0.4 is 15.0 Å². The zero-order valence-electron chi connectivity index (χ0n) is 11.9. The Morgan fingerprint density at radius 3 is 2.68 bits per heavy atom. The van der Waals surface area contributed by atoms with Gasteiger partial charge in [-0.15, -0.1) is 0 Å². The van der Waals surface area contributed by atoms with Gasteiger partial charge in [-0.1, -0.05) is 0 Å². The van der Waals surface area contributed by atoms with Gasteiger partial charge in [-0.2, -0.15) is 0 Å². The normalized spacial score (nSPS) is 17.3. The maximum atomic E-state index is 10.3. The summed E-state index contributed by atoms with van der Waals surface area (Å²) in [6.07, 6.45) is 3.26. The van der Waals surface area contributed by atoms with Crippen LogP contribution in [0.5, 0.6) is 5.75 Å². The molecule has 106 valence electrons. The smallest absolute Gasteiger partial charge is 0.119 e. The Hall–Kier alpha value is -1.26. The molecule has 1 unspecified atom stereocenters. The van der Waals surface area contributed by atoms with Crippen molar-refractivity contribution in [2.24, 2.45) is 0 Å². The van der Waals surface area contributed by atoms with Crippen LogP contribution in [0.1, 0.15) is 30.9 Å². The summed E-state index contributed by atoms with van der Waals surface area (Å²) in [6.45, 7) is 2.70. The van der Waals surface area contributed by atoms with Gasteiger partial charge in [0.1, 0.15) is 5.75 Å². The molecule has 1 aliphatic rings. The number of aliphatic hydroxyl groups is 1. The Balaban J connectivity index is 2.29. The van der Waals surface area contributed by atoms with Crippen LogP contribution in [0.25, 0.3) is 0 Å². The lowest BCUT2D eigenvalue weighted by molar-refractivity contribution is 0.177. The molecular weight excluding hydrogens is 240 g/mol. The molecule has 0 radical (unpaired) electrons.